The van der Waals surface area contributed by atoms with Crippen molar-refractivity contribution >= 4 is 35.4 Å². The quantitative estimate of drug-likeness (QED) is 0.222. The summed E-state index contributed by atoms with van der Waals surface area (Å²) in [5, 5.41) is 25.1. The minimum Gasteiger partial charge on any atom is -0.394 e. The molecule has 5 atom stereocenters. The molecule has 0 bridgehead atoms. The van der Waals surface area contributed by atoms with Gasteiger partial charge in [-0.2, -0.15) is 5.10 Å². The van der Waals surface area contributed by atoms with Crippen molar-refractivity contribution in [3.8, 4) is 0 Å². The summed E-state index contributed by atoms with van der Waals surface area (Å²) in [6.07, 6.45) is 4.24. The van der Waals surface area contributed by atoms with Crippen LogP contribution in [0.3, 0.4) is 0 Å². The van der Waals surface area contributed by atoms with Crippen LogP contribution in [0.1, 0.15) is 37.8 Å². The highest BCUT2D eigenvalue weighted by Gasteiger charge is 2.44. The highest BCUT2D eigenvalue weighted by atomic mass is 16.3. The van der Waals surface area contributed by atoms with Crippen LogP contribution >= 0.6 is 0 Å². The van der Waals surface area contributed by atoms with Gasteiger partial charge in [0.25, 0.3) is 0 Å². The van der Waals surface area contributed by atoms with E-state index in [9.17, 15) is 33.9 Å². The number of aliphatic hydroxyl groups is 1. The van der Waals surface area contributed by atoms with Crippen LogP contribution in [0.5, 0.6) is 0 Å². The predicted octanol–water partition coefficient (Wildman–Crippen LogP) is -1.74. The molecule has 2 fully saturated rings. The standard InChI is InChI=1S/C32H44N8O7/c1-19(2)28-30(45)35-23(12-20-8-6-5-7-9-20)32(47)40-16-22(34-26(42)11-10-21-14-33-39(4)15-21)13-25(40)29(44)36-24(18-41)31(46)38(3)17-27(43)37-28/h5-9,14-15,19,22-25,28,41H,10-13,16-18H2,1-4H3,(H,34,42)(H,35,45)(H,36,44)(H,37,43)/t22-,23-,24-,25-,28+/m0/s1. The van der Waals surface area contributed by atoms with E-state index in [1.807, 2.05) is 24.4 Å². The molecule has 1 aromatic carbocycles. The van der Waals surface area contributed by atoms with Crippen molar-refractivity contribution in [2.24, 2.45) is 13.0 Å². The Balaban J connectivity index is 1.65. The van der Waals surface area contributed by atoms with Crippen LogP contribution in [-0.2, 0) is 48.7 Å². The van der Waals surface area contributed by atoms with E-state index in [0.717, 1.165) is 16.0 Å². The van der Waals surface area contributed by atoms with Gasteiger partial charge in [-0.15, -0.1) is 0 Å². The van der Waals surface area contributed by atoms with E-state index in [1.54, 1.807) is 43.9 Å². The van der Waals surface area contributed by atoms with Gasteiger partial charge in [0.05, 0.1) is 19.3 Å². The Bertz CT molecular complexity index is 1460. The molecule has 0 spiro atoms. The molecule has 2 aliphatic heterocycles. The molecule has 1 aromatic heterocycles. The first-order valence-corrected chi connectivity index (χ1v) is 15.7. The van der Waals surface area contributed by atoms with Gasteiger partial charge in [0.2, 0.25) is 35.4 Å². The fourth-order valence-electron chi connectivity index (χ4n) is 5.87. The van der Waals surface area contributed by atoms with Crippen LogP contribution in [0.15, 0.2) is 42.7 Å². The van der Waals surface area contributed by atoms with Crippen LogP contribution in [0.2, 0.25) is 0 Å². The number of benzene rings is 1. The summed E-state index contributed by atoms with van der Waals surface area (Å²) < 4.78 is 1.64. The predicted molar refractivity (Wildman–Crippen MR) is 169 cm³/mol. The van der Waals surface area contributed by atoms with Crippen LogP contribution in [0, 0.1) is 5.92 Å². The first-order valence-electron chi connectivity index (χ1n) is 15.7. The molecule has 47 heavy (non-hydrogen) atoms. The fraction of sp³-hybridized carbons (Fsp3) is 0.531. The number of amides is 6. The van der Waals surface area contributed by atoms with E-state index < -0.39 is 72.9 Å². The number of nitrogens with one attached hydrogen (secondary N) is 4. The molecule has 0 radical (unpaired) electrons. The monoisotopic (exact) mass is 652 g/mol. The van der Waals surface area contributed by atoms with Crippen molar-refractivity contribution in [2.45, 2.75) is 69.7 Å². The van der Waals surface area contributed by atoms with E-state index in [1.165, 1.54) is 11.9 Å². The summed E-state index contributed by atoms with van der Waals surface area (Å²) in [5.74, 6) is -3.87. The number of hydrogen-bond acceptors (Lipinski definition) is 8. The minimum absolute atomic E-state index is 0.0291. The number of fused-ring (bicyclic) bond motifs is 1. The van der Waals surface area contributed by atoms with Crippen molar-refractivity contribution in [2.75, 3.05) is 26.7 Å². The smallest absolute Gasteiger partial charge is 0.247 e. The van der Waals surface area contributed by atoms with Crippen LogP contribution in [-0.4, -0.2) is 117 Å². The molecule has 0 saturated carbocycles. The number of hydrogen-bond donors (Lipinski definition) is 5. The Labute approximate surface area is 273 Å². The fourth-order valence-corrected chi connectivity index (χ4v) is 5.87. The third-order valence-electron chi connectivity index (χ3n) is 8.37. The SMILES string of the molecule is CC(C)[C@H]1NC(=O)CN(C)C(=O)[C@H](CO)NC(=O)[C@@H]2C[C@H](NC(=O)CCc3cnn(C)c3)CN2C(=O)[C@H](Cc2ccccc2)NC1=O. The Kier molecular flexibility index (Phi) is 11.7. The highest BCUT2D eigenvalue weighted by molar-refractivity contribution is 5.97. The van der Waals surface area contributed by atoms with Crippen molar-refractivity contribution < 1.29 is 33.9 Å². The van der Waals surface area contributed by atoms with Crippen LogP contribution in [0.25, 0.3) is 0 Å². The van der Waals surface area contributed by atoms with Gasteiger partial charge in [0.15, 0.2) is 0 Å². The minimum atomic E-state index is -1.39. The summed E-state index contributed by atoms with van der Waals surface area (Å²) in [7, 11) is 3.13. The zero-order valence-corrected chi connectivity index (χ0v) is 27.1. The van der Waals surface area contributed by atoms with Gasteiger partial charge in [-0.25, -0.2) is 0 Å². The second-order valence-electron chi connectivity index (χ2n) is 12.5. The lowest BCUT2D eigenvalue weighted by Crippen LogP contribution is -2.58. The van der Waals surface area contributed by atoms with Gasteiger partial charge in [0, 0.05) is 45.7 Å². The zero-order chi connectivity index (χ0) is 34.2. The lowest BCUT2D eigenvalue weighted by Gasteiger charge is -2.30. The second-order valence-corrected chi connectivity index (χ2v) is 12.5. The summed E-state index contributed by atoms with van der Waals surface area (Å²) in [6, 6.07) is 3.77. The summed E-state index contributed by atoms with van der Waals surface area (Å²) in [5.41, 5.74) is 1.64. The number of carbonyl (C=O) groups excluding carboxylic acids is 6. The third kappa shape index (κ3) is 9.15. The second kappa shape index (κ2) is 15.7. The van der Waals surface area contributed by atoms with Crippen LogP contribution < -0.4 is 21.3 Å². The van der Waals surface area contributed by atoms with E-state index in [0.29, 0.717) is 6.42 Å². The number of nitrogens with zero attached hydrogens (tertiary/aromatic N) is 4. The molecular weight excluding hydrogens is 608 g/mol. The summed E-state index contributed by atoms with van der Waals surface area (Å²) in [6.45, 7) is 2.26. The van der Waals surface area contributed by atoms with Crippen molar-refractivity contribution in [3.63, 3.8) is 0 Å². The number of likely N-dealkylation sites (N-methyl/N-ethyl adjacent to an activating group) is 1. The first kappa shape index (κ1) is 35.1. The van der Waals surface area contributed by atoms with E-state index in [-0.39, 0.29) is 37.6 Å². The van der Waals surface area contributed by atoms with Gasteiger partial charge < -0.3 is 36.2 Å². The Morgan fingerprint density at radius 2 is 1.68 bits per heavy atom. The lowest BCUT2D eigenvalue weighted by molar-refractivity contribution is -0.143. The number of rotatable bonds is 8. The van der Waals surface area contributed by atoms with Gasteiger partial charge in [0.1, 0.15) is 24.2 Å². The molecule has 3 heterocycles. The molecule has 4 rings (SSSR count). The molecule has 0 aliphatic carbocycles. The molecule has 0 unspecified atom stereocenters. The molecule has 2 saturated heterocycles. The molecule has 15 nitrogen and oxygen atoms in total. The highest BCUT2D eigenvalue weighted by Crippen LogP contribution is 2.22. The largest absolute Gasteiger partial charge is 0.394 e. The van der Waals surface area contributed by atoms with Crippen LogP contribution in [0.4, 0.5) is 0 Å². The maximum absolute atomic E-state index is 14.3. The molecule has 254 valence electrons. The summed E-state index contributed by atoms with van der Waals surface area (Å²) in [4.78, 5) is 83.0. The number of carbonyl (C=O) groups is 6. The first-order chi connectivity index (χ1) is 22.4. The topological polar surface area (TPSA) is 195 Å². The number of aryl methyl sites for hydroxylation is 2. The van der Waals surface area contributed by atoms with Gasteiger partial charge in [-0.1, -0.05) is 44.2 Å². The van der Waals surface area contributed by atoms with Gasteiger partial charge >= 0.3 is 0 Å². The molecule has 2 aromatic rings. The van der Waals surface area contributed by atoms with Crippen molar-refractivity contribution in [1.29, 1.82) is 0 Å². The molecule has 2 aliphatic rings. The van der Waals surface area contributed by atoms with Gasteiger partial charge in [-0.3, -0.25) is 33.4 Å². The number of aromatic nitrogens is 2. The molecular formula is C32H44N8O7. The molecule has 5 N–H and O–H groups in total. The zero-order valence-electron chi connectivity index (χ0n) is 27.1. The van der Waals surface area contributed by atoms with E-state index in [4.69, 9.17) is 0 Å². The van der Waals surface area contributed by atoms with Crippen molar-refractivity contribution in [3.05, 3.63) is 53.9 Å². The third-order valence-corrected chi connectivity index (χ3v) is 8.37. The summed E-state index contributed by atoms with van der Waals surface area (Å²) >= 11 is 0. The maximum Gasteiger partial charge on any atom is 0.247 e. The Hall–Kier alpha value is -4.79. The van der Waals surface area contributed by atoms with E-state index >= 15 is 0 Å². The Morgan fingerprint density at radius 3 is 2.32 bits per heavy atom. The average Bonchev–Trinajstić information content (AvgIpc) is 3.66. The lowest BCUT2D eigenvalue weighted by atomic mass is 10.0. The van der Waals surface area contributed by atoms with Gasteiger partial charge in [-0.05, 0) is 29.9 Å². The van der Waals surface area contributed by atoms with E-state index in [2.05, 4.69) is 26.4 Å². The maximum atomic E-state index is 14.3. The number of aliphatic hydroxyl groups excluding tert-OH is 1. The average molecular weight is 653 g/mol. The van der Waals surface area contributed by atoms with Crippen molar-refractivity contribution in [1.82, 2.24) is 40.8 Å². The Morgan fingerprint density at radius 1 is 0.979 bits per heavy atom. The molecule has 6 amide bonds. The molecule has 15 heteroatoms. The normalized spacial score (nSPS) is 24.6.